The van der Waals surface area contributed by atoms with Crippen LogP contribution in [0.25, 0.3) is 0 Å². The summed E-state index contributed by atoms with van der Waals surface area (Å²) in [5, 5.41) is 4.17. The van der Waals surface area contributed by atoms with Crippen LogP contribution in [0.2, 0.25) is 0 Å². The minimum absolute atomic E-state index is 0.234. The van der Waals surface area contributed by atoms with Crippen molar-refractivity contribution in [2.24, 2.45) is 18.2 Å². The van der Waals surface area contributed by atoms with E-state index in [2.05, 4.69) is 25.1 Å². The van der Waals surface area contributed by atoms with Crippen molar-refractivity contribution in [1.82, 2.24) is 9.78 Å². The van der Waals surface area contributed by atoms with Crippen molar-refractivity contribution >= 4 is 0 Å². The zero-order valence-electron chi connectivity index (χ0n) is 9.45. The third kappa shape index (κ3) is 2.84. The van der Waals surface area contributed by atoms with E-state index in [1.54, 1.807) is 0 Å². The maximum Gasteiger partial charge on any atom is 0.0521 e. The van der Waals surface area contributed by atoms with Crippen LogP contribution < -0.4 is 5.73 Å². The molecule has 0 aliphatic carbocycles. The Morgan fingerprint density at radius 1 is 1.57 bits per heavy atom. The van der Waals surface area contributed by atoms with Crippen molar-refractivity contribution in [1.29, 1.82) is 0 Å². The minimum Gasteiger partial charge on any atom is -0.330 e. The van der Waals surface area contributed by atoms with Crippen LogP contribution >= 0.6 is 0 Å². The number of hydrogen-bond donors (Lipinski definition) is 1. The van der Waals surface area contributed by atoms with Gasteiger partial charge in [-0.3, -0.25) is 4.68 Å². The Morgan fingerprint density at radius 2 is 2.29 bits per heavy atom. The summed E-state index contributed by atoms with van der Waals surface area (Å²) >= 11 is 0. The molecule has 0 fully saturated rings. The van der Waals surface area contributed by atoms with E-state index in [-0.39, 0.29) is 5.41 Å². The van der Waals surface area contributed by atoms with Crippen molar-refractivity contribution in [3.8, 4) is 0 Å². The smallest absolute Gasteiger partial charge is 0.0521 e. The molecule has 1 rings (SSSR count). The van der Waals surface area contributed by atoms with Crippen LogP contribution in [-0.4, -0.2) is 16.3 Å². The quantitative estimate of drug-likeness (QED) is 0.777. The Bertz CT molecular complexity index is 280. The van der Waals surface area contributed by atoms with Gasteiger partial charge in [0.25, 0.3) is 0 Å². The zero-order valence-corrected chi connectivity index (χ0v) is 9.45. The average molecular weight is 195 g/mol. The van der Waals surface area contributed by atoms with Gasteiger partial charge in [0.05, 0.1) is 6.20 Å². The molecule has 1 unspecified atom stereocenters. The minimum atomic E-state index is 0.234. The molecule has 0 spiro atoms. The summed E-state index contributed by atoms with van der Waals surface area (Å²) in [5.74, 6) is 0. The van der Waals surface area contributed by atoms with E-state index in [4.69, 9.17) is 5.73 Å². The van der Waals surface area contributed by atoms with E-state index >= 15 is 0 Å². The molecule has 0 bridgehead atoms. The Hall–Kier alpha value is -0.830. The van der Waals surface area contributed by atoms with Gasteiger partial charge in [-0.15, -0.1) is 0 Å². The highest BCUT2D eigenvalue weighted by atomic mass is 15.2. The van der Waals surface area contributed by atoms with Crippen molar-refractivity contribution in [3.05, 3.63) is 18.0 Å². The predicted molar refractivity (Wildman–Crippen MR) is 59.0 cm³/mol. The Labute approximate surface area is 86.3 Å². The fourth-order valence-electron chi connectivity index (χ4n) is 1.92. The SMILES string of the molecule is CCCC(C)(CN)Cc1cnn(C)c1. The normalized spacial score (nSPS) is 15.4. The number of rotatable bonds is 5. The van der Waals surface area contributed by atoms with E-state index in [0.29, 0.717) is 0 Å². The molecule has 0 aliphatic heterocycles. The van der Waals surface area contributed by atoms with Gasteiger partial charge in [-0.05, 0) is 30.4 Å². The van der Waals surface area contributed by atoms with Crippen molar-refractivity contribution in [2.75, 3.05) is 6.54 Å². The topological polar surface area (TPSA) is 43.8 Å². The largest absolute Gasteiger partial charge is 0.330 e. The first-order valence-corrected chi connectivity index (χ1v) is 5.27. The van der Waals surface area contributed by atoms with Gasteiger partial charge in [0.15, 0.2) is 0 Å². The predicted octanol–water partition coefficient (Wildman–Crippen LogP) is 1.73. The molecule has 0 aliphatic rings. The maximum atomic E-state index is 5.82. The second-order valence-corrected chi connectivity index (χ2v) is 4.46. The Kier molecular flexibility index (Phi) is 3.69. The highest BCUT2D eigenvalue weighted by molar-refractivity contribution is 5.07. The highest BCUT2D eigenvalue weighted by Gasteiger charge is 2.22. The second-order valence-electron chi connectivity index (χ2n) is 4.46. The number of aromatic nitrogens is 2. The van der Waals surface area contributed by atoms with E-state index < -0.39 is 0 Å². The van der Waals surface area contributed by atoms with Crippen molar-refractivity contribution in [2.45, 2.75) is 33.1 Å². The molecule has 1 atom stereocenters. The molecule has 14 heavy (non-hydrogen) atoms. The molecular weight excluding hydrogens is 174 g/mol. The molecule has 1 aromatic heterocycles. The van der Waals surface area contributed by atoms with Crippen LogP contribution in [0.5, 0.6) is 0 Å². The van der Waals surface area contributed by atoms with Gasteiger partial charge in [0.2, 0.25) is 0 Å². The number of nitrogens with two attached hydrogens (primary N) is 1. The molecule has 1 heterocycles. The maximum absolute atomic E-state index is 5.82. The highest BCUT2D eigenvalue weighted by Crippen LogP contribution is 2.26. The monoisotopic (exact) mass is 195 g/mol. The van der Waals surface area contributed by atoms with Gasteiger partial charge < -0.3 is 5.73 Å². The van der Waals surface area contributed by atoms with E-state index in [1.807, 2.05) is 17.9 Å². The second kappa shape index (κ2) is 4.60. The molecule has 3 nitrogen and oxygen atoms in total. The molecule has 80 valence electrons. The van der Waals surface area contributed by atoms with Crippen molar-refractivity contribution in [3.63, 3.8) is 0 Å². The third-order valence-corrected chi connectivity index (χ3v) is 2.74. The first kappa shape index (κ1) is 11.2. The molecular formula is C11H21N3. The number of nitrogens with zero attached hydrogens (tertiary/aromatic N) is 2. The Balaban J connectivity index is 2.64. The average Bonchev–Trinajstić information content (AvgIpc) is 2.51. The standard InChI is InChI=1S/C11H21N3/c1-4-5-11(2,9-12)6-10-7-13-14(3)8-10/h7-8H,4-6,9,12H2,1-3H3. The fraction of sp³-hybridized carbons (Fsp3) is 0.727. The lowest BCUT2D eigenvalue weighted by Crippen LogP contribution is -2.29. The molecule has 3 heteroatoms. The van der Waals surface area contributed by atoms with E-state index in [9.17, 15) is 0 Å². The van der Waals surface area contributed by atoms with Gasteiger partial charge in [-0.1, -0.05) is 20.3 Å². The Morgan fingerprint density at radius 3 is 2.71 bits per heavy atom. The molecule has 0 amide bonds. The fourth-order valence-corrected chi connectivity index (χ4v) is 1.92. The summed E-state index contributed by atoms with van der Waals surface area (Å²) in [6.07, 6.45) is 7.41. The van der Waals surface area contributed by atoms with Crippen LogP contribution in [0.15, 0.2) is 12.4 Å². The van der Waals surface area contributed by atoms with E-state index in [0.717, 1.165) is 13.0 Å². The van der Waals surface area contributed by atoms with Crippen LogP contribution in [-0.2, 0) is 13.5 Å². The van der Waals surface area contributed by atoms with Gasteiger partial charge in [0, 0.05) is 13.2 Å². The molecule has 0 saturated heterocycles. The lowest BCUT2D eigenvalue weighted by molar-refractivity contribution is 0.302. The molecule has 0 radical (unpaired) electrons. The zero-order chi connectivity index (χ0) is 10.6. The summed E-state index contributed by atoms with van der Waals surface area (Å²) in [7, 11) is 1.95. The van der Waals surface area contributed by atoms with Gasteiger partial charge >= 0.3 is 0 Å². The first-order valence-electron chi connectivity index (χ1n) is 5.27. The number of aryl methyl sites for hydroxylation is 1. The van der Waals surface area contributed by atoms with E-state index in [1.165, 1.54) is 18.4 Å². The molecule has 2 N–H and O–H groups in total. The summed E-state index contributed by atoms with van der Waals surface area (Å²) in [4.78, 5) is 0. The summed E-state index contributed by atoms with van der Waals surface area (Å²) in [5.41, 5.74) is 7.34. The lowest BCUT2D eigenvalue weighted by atomic mass is 9.80. The molecule has 1 aromatic rings. The van der Waals surface area contributed by atoms with Gasteiger partial charge in [-0.2, -0.15) is 5.10 Å². The summed E-state index contributed by atoms with van der Waals surface area (Å²) in [6.45, 7) is 5.20. The van der Waals surface area contributed by atoms with Gasteiger partial charge in [0.1, 0.15) is 0 Å². The number of hydrogen-bond acceptors (Lipinski definition) is 2. The summed E-state index contributed by atoms with van der Waals surface area (Å²) in [6, 6.07) is 0. The van der Waals surface area contributed by atoms with Crippen LogP contribution in [0, 0.1) is 5.41 Å². The van der Waals surface area contributed by atoms with Gasteiger partial charge in [-0.25, -0.2) is 0 Å². The lowest BCUT2D eigenvalue weighted by Gasteiger charge is -2.26. The van der Waals surface area contributed by atoms with Crippen LogP contribution in [0.1, 0.15) is 32.3 Å². The van der Waals surface area contributed by atoms with Crippen LogP contribution in [0.4, 0.5) is 0 Å². The summed E-state index contributed by atoms with van der Waals surface area (Å²) < 4.78 is 1.85. The molecule has 0 saturated carbocycles. The third-order valence-electron chi connectivity index (χ3n) is 2.74. The van der Waals surface area contributed by atoms with Crippen molar-refractivity contribution < 1.29 is 0 Å². The van der Waals surface area contributed by atoms with Crippen LogP contribution in [0.3, 0.4) is 0 Å². The molecule has 0 aromatic carbocycles. The first-order chi connectivity index (χ1) is 6.59.